The van der Waals surface area contributed by atoms with Gasteiger partial charge in [0.15, 0.2) is 0 Å². The Bertz CT molecular complexity index is 867. The van der Waals surface area contributed by atoms with Crippen LogP contribution in [-0.2, 0) is 32.3 Å². The van der Waals surface area contributed by atoms with Crippen molar-refractivity contribution in [2.75, 3.05) is 13.6 Å². The average Bonchev–Trinajstić information content (AvgIpc) is 2.60. The molecule has 0 spiro atoms. The molecule has 2 aromatic rings. The van der Waals surface area contributed by atoms with Crippen LogP contribution in [-0.4, -0.2) is 32.3 Å². The highest BCUT2D eigenvalue weighted by Gasteiger charge is 2.32. The van der Waals surface area contributed by atoms with E-state index in [0.29, 0.717) is 10.4 Å². The van der Waals surface area contributed by atoms with Gasteiger partial charge in [-0.15, -0.1) is 0 Å². The van der Waals surface area contributed by atoms with Gasteiger partial charge in [0, 0.05) is 7.05 Å². The van der Waals surface area contributed by atoms with Crippen LogP contribution in [0.4, 0.5) is 13.2 Å². The van der Waals surface area contributed by atoms with Crippen LogP contribution >= 0.6 is 0 Å². The molecule has 0 saturated carbocycles. The Hall–Kier alpha value is -2.39. The number of carbonyl (C=O) groups excluding carboxylic acids is 1. The normalized spacial score (nSPS) is 12.2. The van der Waals surface area contributed by atoms with Gasteiger partial charge >= 0.3 is 12.1 Å². The summed E-state index contributed by atoms with van der Waals surface area (Å²) in [5, 5.41) is 0. The highest BCUT2D eigenvalue weighted by molar-refractivity contribution is 7.89. The number of halogens is 3. The molecule has 0 amide bonds. The van der Waals surface area contributed by atoms with Crippen LogP contribution in [0.15, 0.2) is 59.5 Å². The summed E-state index contributed by atoms with van der Waals surface area (Å²) in [4.78, 5) is 11.3. The minimum absolute atomic E-state index is 0.0306. The van der Waals surface area contributed by atoms with Crippen molar-refractivity contribution < 1.29 is 31.1 Å². The number of likely N-dealkylation sites (N-methyl/N-ethyl adjacent to an activating group) is 1. The first-order valence-electron chi connectivity index (χ1n) is 7.44. The summed E-state index contributed by atoms with van der Waals surface area (Å²) in [6.07, 6.45) is -4.67. The van der Waals surface area contributed by atoms with Gasteiger partial charge in [-0.25, -0.2) is 8.42 Å². The van der Waals surface area contributed by atoms with E-state index in [9.17, 15) is 26.4 Å². The van der Waals surface area contributed by atoms with Crippen molar-refractivity contribution >= 4 is 16.0 Å². The zero-order valence-electron chi connectivity index (χ0n) is 13.7. The Morgan fingerprint density at radius 1 is 1.08 bits per heavy atom. The van der Waals surface area contributed by atoms with Gasteiger partial charge in [0.2, 0.25) is 10.0 Å². The topological polar surface area (TPSA) is 63.7 Å². The fraction of sp³-hybridized carbons (Fsp3) is 0.235. The van der Waals surface area contributed by atoms with E-state index in [1.54, 1.807) is 30.3 Å². The molecule has 0 atom stereocenters. The molecule has 0 aromatic heterocycles. The second-order valence-corrected chi connectivity index (χ2v) is 7.48. The molecular formula is C17H16F3NO4S. The van der Waals surface area contributed by atoms with Gasteiger partial charge in [-0.3, -0.25) is 4.79 Å². The zero-order valence-corrected chi connectivity index (χ0v) is 14.5. The van der Waals surface area contributed by atoms with Gasteiger partial charge in [-0.1, -0.05) is 36.4 Å². The van der Waals surface area contributed by atoms with Gasteiger partial charge in [0.1, 0.15) is 13.2 Å². The lowest BCUT2D eigenvalue weighted by Gasteiger charge is -2.17. The van der Waals surface area contributed by atoms with Gasteiger partial charge in [0.05, 0.1) is 10.5 Å². The van der Waals surface area contributed by atoms with Crippen LogP contribution in [0.3, 0.4) is 0 Å². The van der Waals surface area contributed by atoms with E-state index in [1.165, 1.54) is 0 Å². The smallest absolute Gasteiger partial charge is 0.416 e. The summed E-state index contributed by atoms with van der Waals surface area (Å²) in [6.45, 7) is -0.650. The van der Waals surface area contributed by atoms with Crippen LogP contribution in [0.1, 0.15) is 11.1 Å². The second-order valence-electron chi connectivity index (χ2n) is 5.43. The summed E-state index contributed by atoms with van der Waals surface area (Å²) < 4.78 is 68.6. The first-order chi connectivity index (χ1) is 12.1. The average molecular weight is 387 g/mol. The molecule has 5 nitrogen and oxygen atoms in total. The van der Waals surface area contributed by atoms with Crippen LogP contribution in [0.5, 0.6) is 0 Å². The molecule has 2 rings (SSSR count). The second kappa shape index (κ2) is 7.88. The number of hydrogen-bond acceptors (Lipinski definition) is 4. The minimum atomic E-state index is -4.67. The Morgan fingerprint density at radius 2 is 1.73 bits per heavy atom. The van der Waals surface area contributed by atoms with Crippen molar-refractivity contribution in [1.82, 2.24) is 4.31 Å². The lowest BCUT2D eigenvalue weighted by Crippen LogP contribution is -2.33. The Kier molecular flexibility index (Phi) is 6.04. The Labute approximate surface area is 149 Å². The molecule has 2 aromatic carbocycles. The van der Waals surface area contributed by atoms with Crippen LogP contribution in [0, 0.1) is 0 Å². The molecule has 0 aliphatic carbocycles. The molecule has 0 bridgehead atoms. The third-order valence-corrected chi connectivity index (χ3v) is 5.26. The van der Waals surface area contributed by atoms with Gasteiger partial charge in [-0.05, 0) is 23.8 Å². The SMILES string of the molecule is CN(CC(=O)OCc1ccccc1)S(=O)(=O)c1cccc(C(F)(F)F)c1. The van der Waals surface area contributed by atoms with E-state index in [2.05, 4.69) is 0 Å². The molecule has 0 heterocycles. The van der Waals surface area contributed by atoms with E-state index < -0.39 is 39.2 Å². The number of hydrogen-bond donors (Lipinski definition) is 0. The maximum atomic E-state index is 12.7. The molecule has 0 aliphatic heterocycles. The van der Waals surface area contributed by atoms with Crippen LogP contribution in [0.2, 0.25) is 0 Å². The molecule has 0 radical (unpaired) electrons. The van der Waals surface area contributed by atoms with E-state index in [4.69, 9.17) is 4.74 Å². The number of benzene rings is 2. The summed E-state index contributed by atoms with van der Waals surface area (Å²) >= 11 is 0. The van der Waals surface area contributed by atoms with Crippen molar-refractivity contribution in [3.05, 3.63) is 65.7 Å². The van der Waals surface area contributed by atoms with Gasteiger partial charge < -0.3 is 4.74 Å². The Morgan fingerprint density at radius 3 is 2.35 bits per heavy atom. The number of rotatable bonds is 6. The molecule has 0 aliphatic rings. The predicted molar refractivity (Wildman–Crippen MR) is 87.5 cm³/mol. The van der Waals surface area contributed by atoms with Crippen molar-refractivity contribution in [1.29, 1.82) is 0 Å². The number of alkyl halides is 3. The van der Waals surface area contributed by atoms with Crippen molar-refractivity contribution in [3.8, 4) is 0 Å². The van der Waals surface area contributed by atoms with Crippen molar-refractivity contribution in [2.24, 2.45) is 0 Å². The standard InChI is InChI=1S/C17H16F3NO4S/c1-21(11-16(22)25-12-13-6-3-2-4-7-13)26(23,24)15-9-5-8-14(10-15)17(18,19)20/h2-10H,11-12H2,1H3. The maximum Gasteiger partial charge on any atom is 0.416 e. The van der Waals surface area contributed by atoms with E-state index in [0.717, 1.165) is 30.8 Å². The quantitative estimate of drug-likeness (QED) is 0.715. The third kappa shape index (κ3) is 5.06. The summed E-state index contributed by atoms with van der Waals surface area (Å²) in [7, 11) is -3.17. The summed E-state index contributed by atoms with van der Waals surface area (Å²) in [5.74, 6) is -0.813. The minimum Gasteiger partial charge on any atom is -0.460 e. The molecule has 0 fully saturated rings. The highest BCUT2D eigenvalue weighted by Crippen LogP contribution is 2.30. The molecule has 0 N–H and O–H groups in total. The molecule has 0 unspecified atom stereocenters. The van der Waals surface area contributed by atoms with Crippen LogP contribution in [0.25, 0.3) is 0 Å². The van der Waals surface area contributed by atoms with E-state index in [-0.39, 0.29) is 6.61 Å². The fourth-order valence-electron chi connectivity index (χ4n) is 2.06. The monoisotopic (exact) mass is 387 g/mol. The number of sulfonamides is 1. The number of nitrogens with zero attached hydrogens (tertiary/aromatic N) is 1. The number of ether oxygens (including phenoxy) is 1. The highest BCUT2D eigenvalue weighted by atomic mass is 32.2. The first kappa shape index (κ1) is 19.9. The zero-order chi connectivity index (χ0) is 19.4. The first-order valence-corrected chi connectivity index (χ1v) is 8.88. The molecule has 9 heteroatoms. The van der Waals surface area contributed by atoms with E-state index >= 15 is 0 Å². The molecule has 26 heavy (non-hydrogen) atoms. The fourth-order valence-corrected chi connectivity index (χ4v) is 3.23. The van der Waals surface area contributed by atoms with Gasteiger partial charge in [-0.2, -0.15) is 17.5 Å². The lowest BCUT2D eigenvalue weighted by molar-refractivity contribution is -0.145. The summed E-state index contributed by atoms with van der Waals surface area (Å²) in [6, 6.07) is 12.1. The van der Waals surface area contributed by atoms with Gasteiger partial charge in [0.25, 0.3) is 0 Å². The molecular weight excluding hydrogens is 371 g/mol. The van der Waals surface area contributed by atoms with Crippen molar-refractivity contribution in [3.63, 3.8) is 0 Å². The largest absolute Gasteiger partial charge is 0.460 e. The van der Waals surface area contributed by atoms with E-state index in [1.807, 2.05) is 0 Å². The number of carbonyl (C=O) groups is 1. The van der Waals surface area contributed by atoms with Crippen molar-refractivity contribution in [2.45, 2.75) is 17.7 Å². The predicted octanol–water partition coefficient (Wildman–Crippen LogP) is 3.07. The van der Waals surface area contributed by atoms with Crippen LogP contribution < -0.4 is 0 Å². The third-order valence-electron chi connectivity index (χ3n) is 3.46. The number of esters is 1. The lowest BCUT2D eigenvalue weighted by atomic mass is 10.2. The Balaban J connectivity index is 2.05. The summed E-state index contributed by atoms with van der Waals surface area (Å²) in [5.41, 5.74) is -0.358. The molecule has 140 valence electrons. The molecule has 0 saturated heterocycles. The maximum absolute atomic E-state index is 12.7.